The van der Waals surface area contributed by atoms with Crippen LogP contribution in [-0.4, -0.2) is 44.6 Å². The molecule has 7 heteroatoms. The Balaban J connectivity index is 1.53. The third kappa shape index (κ3) is 3.89. The smallest absolute Gasteiger partial charge is 0.260 e. The van der Waals surface area contributed by atoms with E-state index in [4.69, 9.17) is 5.14 Å². The Hall–Kier alpha value is -1.05. The van der Waals surface area contributed by atoms with E-state index in [1.165, 1.54) is 0 Å². The average molecular weight is 344 g/mol. The Morgan fingerprint density at radius 2 is 1.78 bits per heavy atom. The van der Waals surface area contributed by atoms with Crippen LogP contribution in [0.3, 0.4) is 0 Å². The highest BCUT2D eigenvalue weighted by atomic mass is 32.2. The molecule has 3 rings (SSSR count). The fourth-order valence-corrected chi connectivity index (χ4v) is 4.66. The maximum atomic E-state index is 14.1. The van der Waals surface area contributed by atoms with E-state index in [2.05, 4.69) is 0 Å². The second-order valence-corrected chi connectivity index (χ2v) is 8.40. The van der Waals surface area contributed by atoms with Crippen molar-refractivity contribution in [1.82, 2.24) is 4.90 Å². The van der Waals surface area contributed by atoms with Gasteiger partial charge in [-0.1, -0.05) is 30.3 Å². The van der Waals surface area contributed by atoms with Crippen LogP contribution in [0.15, 0.2) is 30.3 Å². The van der Waals surface area contributed by atoms with Gasteiger partial charge in [0.1, 0.15) is 0 Å². The molecule has 23 heavy (non-hydrogen) atoms. The van der Waals surface area contributed by atoms with Gasteiger partial charge in [-0.3, -0.25) is 0 Å². The highest BCUT2D eigenvalue weighted by molar-refractivity contribution is 7.89. The summed E-state index contributed by atoms with van der Waals surface area (Å²) in [5.41, 5.74) is 0.701. The van der Waals surface area contributed by atoms with Crippen molar-refractivity contribution in [2.45, 2.75) is 24.7 Å². The number of piperidine rings is 1. The number of sulfonamides is 1. The van der Waals surface area contributed by atoms with Gasteiger partial charge in [-0.05, 0) is 37.4 Å². The maximum Gasteiger partial charge on any atom is 0.260 e. The SMILES string of the molecule is NS(=O)(=O)CC1CCN(C[C@@H]2[C@@H](c3ccccc3)C2(F)F)CC1. The third-order valence-electron chi connectivity index (χ3n) is 4.99. The second kappa shape index (κ2) is 6.11. The first-order chi connectivity index (χ1) is 10.8. The van der Waals surface area contributed by atoms with Crippen LogP contribution in [0.1, 0.15) is 24.3 Å². The van der Waals surface area contributed by atoms with E-state index in [1.807, 2.05) is 11.0 Å². The number of nitrogens with two attached hydrogens (primary N) is 1. The minimum Gasteiger partial charge on any atom is -0.303 e. The van der Waals surface area contributed by atoms with Crippen LogP contribution in [0.25, 0.3) is 0 Å². The summed E-state index contributed by atoms with van der Waals surface area (Å²) in [4.78, 5) is 2.03. The normalized spacial score (nSPS) is 28.7. The van der Waals surface area contributed by atoms with Gasteiger partial charge in [0.25, 0.3) is 5.92 Å². The zero-order valence-electron chi connectivity index (χ0n) is 12.9. The van der Waals surface area contributed by atoms with E-state index in [1.54, 1.807) is 24.3 Å². The number of rotatable bonds is 5. The number of primary sulfonamides is 1. The lowest BCUT2D eigenvalue weighted by molar-refractivity contribution is 0.0781. The van der Waals surface area contributed by atoms with Gasteiger partial charge in [0.05, 0.1) is 11.7 Å². The van der Waals surface area contributed by atoms with Gasteiger partial charge >= 0.3 is 0 Å². The van der Waals surface area contributed by atoms with Crippen molar-refractivity contribution in [3.63, 3.8) is 0 Å². The van der Waals surface area contributed by atoms with Crippen molar-refractivity contribution in [3.8, 4) is 0 Å². The molecule has 1 aliphatic heterocycles. The van der Waals surface area contributed by atoms with E-state index >= 15 is 0 Å². The van der Waals surface area contributed by atoms with E-state index < -0.39 is 27.8 Å². The molecule has 1 saturated carbocycles. The van der Waals surface area contributed by atoms with Crippen molar-refractivity contribution >= 4 is 10.0 Å². The molecule has 128 valence electrons. The van der Waals surface area contributed by atoms with Crippen molar-refractivity contribution in [1.29, 1.82) is 0 Å². The fraction of sp³-hybridized carbons (Fsp3) is 0.625. The zero-order valence-corrected chi connectivity index (χ0v) is 13.7. The second-order valence-electron chi connectivity index (χ2n) is 6.74. The van der Waals surface area contributed by atoms with Crippen LogP contribution in [0, 0.1) is 11.8 Å². The lowest BCUT2D eigenvalue weighted by Crippen LogP contribution is -2.38. The van der Waals surface area contributed by atoms with Crippen molar-refractivity contribution < 1.29 is 17.2 Å². The Bertz CT molecular complexity index is 643. The van der Waals surface area contributed by atoms with Crippen LogP contribution in [-0.2, 0) is 10.0 Å². The standard InChI is InChI=1S/C16H22F2N2O2S/c17-16(18)14(15(16)13-4-2-1-3-5-13)10-20-8-6-12(7-9-20)11-23(19,21)22/h1-5,12,14-15H,6-11H2,(H2,19,21,22)/t14-,15-/m1/s1. The highest BCUT2D eigenvalue weighted by Gasteiger charge is 2.68. The van der Waals surface area contributed by atoms with E-state index in [0.29, 0.717) is 38.0 Å². The first-order valence-electron chi connectivity index (χ1n) is 7.93. The largest absolute Gasteiger partial charge is 0.303 e. The third-order valence-corrected chi connectivity index (χ3v) is 5.93. The summed E-state index contributed by atoms with van der Waals surface area (Å²) in [6.45, 7) is 1.69. The molecule has 1 saturated heterocycles. The van der Waals surface area contributed by atoms with Gasteiger partial charge in [0.15, 0.2) is 0 Å². The van der Waals surface area contributed by atoms with E-state index in [0.717, 1.165) is 0 Å². The molecular weight excluding hydrogens is 322 g/mol. The predicted molar refractivity (Wildman–Crippen MR) is 84.8 cm³/mol. The summed E-state index contributed by atoms with van der Waals surface area (Å²) in [6.07, 6.45) is 1.40. The van der Waals surface area contributed by atoms with Gasteiger partial charge < -0.3 is 4.90 Å². The first kappa shape index (κ1) is 16.8. The number of halogens is 2. The molecule has 2 aliphatic rings. The molecule has 1 aromatic rings. The monoisotopic (exact) mass is 344 g/mol. The first-order valence-corrected chi connectivity index (χ1v) is 9.64. The Morgan fingerprint density at radius 1 is 1.17 bits per heavy atom. The van der Waals surface area contributed by atoms with E-state index in [9.17, 15) is 17.2 Å². The van der Waals surface area contributed by atoms with Gasteiger partial charge in [-0.15, -0.1) is 0 Å². The minimum absolute atomic E-state index is 0.00688. The summed E-state index contributed by atoms with van der Waals surface area (Å²) >= 11 is 0. The molecule has 1 heterocycles. The molecule has 0 unspecified atom stereocenters. The quantitative estimate of drug-likeness (QED) is 0.889. The molecule has 2 fully saturated rings. The summed E-state index contributed by atoms with van der Waals surface area (Å²) in [6, 6.07) is 8.93. The topological polar surface area (TPSA) is 63.4 Å². The van der Waals surface area contributed by atoms with Crippen LogP contribution < -0.4 is 5.14 Å². The lowest BCUT2D eigenvalue weighted by Gasteiger charge is -2.31. The molecule has 1 aromatic carbocycles. The van der Waals surface area contributed by atoms with E-state index in [-0.39, 0.29) is 11.7 Å². The maximum absolute atomic E-state index is 14.1. The number of likely N-dealkylation sites (tertiary alicyclic amines) is 1. The van der Waals surface area contributed by atoms with Gasteiger partial charge in [-0.25, -0.2) is 22.3 Å². The Labute approximate surface area is 135 Å². The average Bonchev–Trinajstić information content (AvgIpc) is 3.01. The fourth-order valence-electron chi connectivity index (χ4n) is 3.67. The Morgan fingerprint density at radius 3 is 2.35 bits per heavy atom. The van der Waals surface area contributed by atoms with Gasteiger partial charge in [-0.2, -0.15) is 0 Å². The molecular formula is C16H22F2N2O2S. The number of nitrogens with zero attached hydrogens (tertiary/aromatic N) is 1. The van der Waals surface area contributed by atoms with Gasteiger partial charge in [0, 0.05) is 12.5 Å². The van der Waals surface area contributed by atoms with Crippen LogP contribution in [0.4, 0.5) is 8.78 Å². The summed E-state index contributed by atoms with van der Waals surface area (Å²) in [5, 5.41) is 5.07. The number of alkyl halides is 2. The molecule has 1 aliphatic carbocycles. The van der Waals surface area contributed by atoms with Crippen LogP contribution in [0.2, 0.25) is 0 Å². The van der Waals surface area contributed by atoms with Crippen LogP contribution >= 0.6 is 0 Å². The van der Waals surface area contributed by atoms with Crippen molar-refractivity contribution in [2.75, 3.05) is 25.4 Å². The summed E-state index contributed by atoms with van der Waals surface area (Å²) < 4.78 is 50.4. The van der Waals surface area contributed by atoms with Crippen molar-refractivity contribution in [3.05, 3.63) is 35.9 Å². The molecule has 2 atom stereocenters. The molecule has 0 bridgehead atoms. The number of hydrogen-bond acceptors (Lipinski definition) is 3. The number of hydrogen-bond donors (Lipinski definition) is 1. The Kier molecular flexibility index (Phi) is 4.46. The lowest BCUT2D eigenvalue weighted by atomic mass is 9.98. The summed E-state index contributed by atoms with van der Waals surface area (Å²) in [5.74, 6) is -3.93. The molecule has 4 nitrogen and oxygen atoms in total. The minimum atomic E-state index is -3.45. The molecule has 2 N–H and O–H groups in total. The van der Waals surface area contributed by atoms with Crippen LogP contribution in [0.5, 0.6) is 0 Å². The highest BCUT2D eigenvalue weighted by Crippen LogP contribution is 2.61. The zero-order chi connectivity index (χ0) is 16.7. The van der Waals surface area contributed by atoms with Crippen molar-refractivity contribution in [2.24, 2.45) is 17.0 Å². The molecule has 0 aromatic heterocycles. The number of benzene rings is 1. The summed E-state index contributed by atoms with van der Waals surface area (Å²) in [7, 11) is -3.45. The van der Waals surface area contributed by atoms with Gasteiger partial charge in [0.2, 0.25) is 10.0 Å². The predicted octanol–water partition coefficient (Wildman–Crippen LogP) is 2.04. The molecule has 0 radical (unpaired) electrons. The molecule has 0 amide bonds. The molecule has 0 spiro atoms.